The van der Waals surface area contributed by atoms with E-state index in [1.54, 1.807) is 18.2 Å². The van der Waals surface area contributed by atoms with Gasteiger partial charge in [-0.2, -0.15) is 0 Å². The molecule has 3 heteroatoms. The normalized spacial score (nSPS) is 14.8. The minimum Gasteiger partial charge on any atom is -0.388 e. The third kappa shape index (κ3) is 2.62. The third-order valence-corrected chi connectivity index (χ3v) is 3.76. The predicted molar refractivity (Wildman–Crippen MR) is 76.2 cm³/mol. The maximum absolute atomic E-state index is 13.8. The average Bonchev–Trinajstić information content (AvgIpc) is 2.39. The van der Waals surface area contributed by atoms with Gasteiger partial charge in [-0.3, -0.25) is 0 Å². The van der Waals surface area contributed by atoms with Gasteiger partial charge < -0.3 is 10.8 Å². The molecule has 2 atom stereocenters. The van der Waals surface area contributed by atoms with Crippen molar-refractivity contribution in [2.45, 2.75) is 20.0 Å². The molecule has 0 heterocycles. The van der Waals surface area contributed by atoms with Crippen molar-refractivity contribution in [1.82, 2.24) is 0 Å². The Kier molecular flexibility index (Phi) is 4.17. The molecule has 0 fully saturated rings. The molecular weight excluding hydrogens is 241 g/mol. The number of aliphatic hydroxyl groups excluding tert-OH is 1. The van der Waals surface area contributed by atoms with E-state index in [2.05, 4.69) is 0 Å². The van der Waals surface area contributed by atoms with Crippen LogP contribution in [0.1, 0.15) is 25.5 Å². The molecule has 0 amide bonds. The van der Waals surface area contributed by atoms with Crippen molar-refractivity contribution in [2.75, 3.05) is 6.54 Å². The van der Waals surface area contributed by atoms with Gasteiger partial charge in [-0.05, 0) is 29.5 Å². The molecule has 3 N–H and O–H groups in total. The Bertz CT molecular complexity index is 568. The molecule has 0 saturated heterocycles. The first-order valence-electron chi connectivity index (χ1n) is 6.61. The van der Waals surface area contributed by atoms with Gasteiger partial charge in [0.15, 0.2) is 0 Å². The van der Waals surface area contributed by atoms with Crippen molar-refractivity contribution >= 4 is 10.8 Å². The van der Waals surface area contributed by atoms with Gasteiger partial charge in [0.05, 0.1) is 6.10 Å². The Labute approximate surface area is 113 Å². The maximum Gasteiger partial charge on any atom is 0.131 e. The molecule has 0 aliphatic heterocycles. The Morgan fingerprint density at radius 3 is 2.32 bits per heavy atom. The highest BCUT2D eigenvalue weighted by atomic mass is 19.1. The summed E-state index contributed by atoms with van der Waals surface area (Å²) in [6.45, 7) is 4.48. The van der Waals surface area contributed by atoms with Gasteiger partial charge in [0, 0.05) is 11.3 Å². The SMILES string of the molecule is CC(C)C(CN)C(O)c1ccc(F)c2ccccc12. The van der Waals surface area contributed by atoms with E-state index < -0.39 is 6.10 Å². The Balaban J connectivity index is 2.54. The largest absolute Gasteiger partial charge is 0.388 e. The molecular formula is C16H20FNO. The van der Waals surface area contributed by atoms with Crippen LogP contribution in [-0.4, -0.2) is 11.7 Å². The molecule has 0 saturated carbocycles. The summed E-state index contributed by atoms with van der Waals surface area (Å²) in [5, 5.41) is 11.8. The van der Waals surface area contributed by atoms with Crippen LogP contribution < -0.4 is 5.73 Å². The average molecular weight is 261 g/mol. The smallest absolute Gasteiger partial charge is 0.131 e. The highest BCUT2D eigenvalue weighted by molar-refractivity contribution is 5.86. The molecule has 0 aliphatic rings. The van der Waals surface area contributed by atoms with Crippen molar-refractivity contribution in [2.24, 2.45) is 17.6 Å². The summed E-state index contributed by atoms with van der Waals surface area (Å²) < 4.78 is 13.8. The summed E-state index contributed by atoms with van der Waals surface area (Å²) in [5.74, 6) is -0.0296. The highest BCUT2D eigenvalue weighted by Gasteiger charge is 2.24. The van der Waals surface area contributed by atoms with Gasteiger partial charge in [-0.1, -0.05) is 44.2 Å². The van der Waals surface area contributed by atoms with E-state index in [4.69, 9.17) is 5.73 Å². The van der Waals surface area contributed by atoms with E-state index in [0.29, 0.717) is 11.9 Å². The number of benzene rings is 2. The van der Waals surface area contributed by atoms with Gasteiger partial charge in [0.2, 0.25) is 0 Å². The van der Waals surface area contributed by atoms with Crippen LogP contribution in [0, 0.1) is 17.7 Å². The second-order valence-electron chi connectivity index (χ2n) is 5.27. The number of rotatable bonds is 4. The summed E-state index contributed by atoms with van der Waals surface area (Å²) in [6.07, 6.45) is -0.671. The second kappa shape index (κ2) is 5.68. The summed E-state index contributed by atoms with van der Waals surface area (Å²) in [7, 11) is 0. The molecule has 2 nitrogen and oxygen atoms in total. The van der Waals surface area contributed by atoms with E-state index in [1.165, 1.54) is 6.07 Å². The summed E-state index contributed by atoms with van der Waals surface area (Å²) in [5.41, 5.74) is 6.50. The third-order valence-electron chi connectivity index (χ3n) is 3.76. The van der Waals surface area contributed by atoms with Gasteiger partial charge in [0.1, 0.15) is 5.82 Å². The van der Waals surface area contributed by atoms with E-state index in [-0.39, 0.29) is 17.7 Å². The van der Waals surface area contributed by atoms with Crippen molar-refractivity contribution in [3.05, 3.63) is 47.8 Å². The Hall–Kier alpha value is -1.45. The van der Waals surface area contributed by atoms with Crippen LogP contribution >= 0.6 is 0 Å². The van der Waals surface area contributed by atoms with Crippen LogP contribution in [0.15, 0.2) is 36.4 Å². The molecule has 0 aliphatic carbocycles. The lowest BCUT2D eigenvalue weighted by Crippen LogP contribution is -2.26. The Morgan fingerprint density at radius 1 is 1.11 bits per heavy atom. The Morgan fingerprint density at radius 2 is 1.74 bits per heavy atom. The minimum absolute atomic E-state index is 0.0335. The lowest BCUT2D eigenvalue weighted by atomic mass is 9.85. The molecule has 102 valence electrons. The van der Waals surface area contributed by atoms with Crippen LogP contribution in [0.25, 0.3) is 10.8 Å². The van der Waals surface area contributed by atoms with E-state index in [1.807, 2.05) is 26.0 Å². The van der Waals surface area contributed by atoms with Gasteiger partial charge in [0.25, 0.3) is 0 Å². The first kappa shape index (κ1) is 14.0. The predicted octanol–water partition coefficient (Wildman–Crippen LogP) is 3.24. The quantitative estimate of drug-likeness (QED) is 0.887. The van der Waals surface area contributed by atoms with Gasteiger partial charge in [-0.25, -0.2) is 4.39 Å². The van der Waals surface area contributed by atoms with E-state index >= 15 is 0 Å². The van der Waals surface area contributed by atoms with Crippen molar-refractivity contribution in [1.29, 1.82) is 0 Å². The molecule has 2 aromatic rings. The number of hydrogen-bond acceptors (Lipinski definition) is 2. The summed E-state index contributed by atoms with van der Waals surface area (Å²) in [4.78, 5) is 0. The fourth-order valence-corrected chi connectivity index (χ4v) is 2.54. The maximum atomic E-state index is 13.8. The van der Waals surface area contributed by atoms with Crippen LogP contribution in [-0.2, 0) is 0 Å². The first-order valence-corrected chi connectivity index (χ1v) is 6.61. The van der Waals surface area contributed by atoms with E-state index in [9.17, 15) is 9.50 Å². The molecule has 0 radical (unpaired) electrons. The molecule has 0 bridgehead atoms. The zero-order valence-electron chi connectivity index (χ0n) is 11.3. The van der Waals surface area contributed by atoms with Crippen LogP contribution in [0.4, 0.5) is 4.39 Å². The molecule has 2 unspecified atom stereocenters. The molecule has 0 aromatic heterocycles. The van der Waals surface area contributed by atoms with E-state index in [0.717, 1.165) is 10.9 Å². The molecule has 2 rings (SSSR count). The highest BCUT2D eigenvalue weighted by Crippen LogP contribution is 2.33. The number of fused-ring (bicyclic) bond motifs is 1. The van der Waals surface area contributed by atoms with Crippen LogP contribution in [0.5, 0.6) is 0 Å². The number of halogens is 1. The lowest BCUT2D eigenvalue weighted by molar-refractivity contribution is 0.0873. The van der Waals surface area contributed by atoms with Gasteiger partial charge in [-0.15, -0.1) is 0 Å². The summed E-state index contributed by atoms with van der Waals surface area (Å²) >= 11 is 0. The molecule has 0 spiro atoms. The zero-order valence-corrected chi connectivity index (χ0v) is 11.3. The van der Waals surface area contributed by atoms with Crippen LogP contribution in [0.3, 0.4) is 0 Å². The van der Waals surface area contributed by atoms with Crippen molar-refractivity contribution < 1.29 is 9.50 Å². The lowest BCUT2D eigenvalue weighted by Gasteiger charge is -2.26. The first-order chi connectivity index (χ1) is 9.06. The van der Waals surface area contributed by atoms with Gasteiger partial charge >= 0.3 is 0 Å². The fourth-order valence-electron chi connectivity index (χ4n) is 2.54. The number of hydrogen-bond donors (Lipinski definition) is 2. The number of aliphatic hydroxyl groups is 1. The van der Waals surface area contributed by atoms with Crippen molar-refractivity contribution in [3.8, 4) is 0 Å². The summed E-state index contributed by atoms with van der Waals surface area (Å²) in [6, 6.07) is 10.3. The zero-order chi connectivity index (χ0) is 14.0. The van der Waals surface area contributed by atoms with Crippen molar-refractivity contribution in [3.63, 3.8) is 0 Å². The fraction of sp³-hybridized carbons (Fsp3) is 0.375. The standard InChI is InChI=1S/C16H20FNO/c1-10(2)14(9-18)16(19)13-7-8-15(17)12-6-4-3-5-11(12)13/h3-8,10,14,16,19H,9,18H2,1-2H3. The minimum atomic E-state index is -0.671. The molecule has 2 aromatic carbocycles. The number of nitrogens with two attached hydrogens (primary N) is 1. The monoisotopic (exact) mass is 261 g/mol. The molecule has 19 heavy (non-hydrogen) atoms. The van der Waals surface area contributed by atoms with Crippen LogP contribution in [0.2, 0.25) is 0 Å². The second-order valence-corrected chi connectivity index (χ2v) is 5.27. The topological polar surface area (TPSA) is 46.2 Å².